The quantitative estimate of drug-likeness (QED) is 0.138. The minimum absolute atomic E-state index is 0.000483. The van der Waals surface area contributed by atoms with Gasteiger partial charge < -0.3 is 25.6 Å². The van der Waals surface area contributed by atoms with E-state index >= 15 is 0 Å². The number of nitrogens with zero attached hydrogens (tertiary/aromatic N) is 1. The first-order valence-electron chi connectivity index (χ1n) is 19.8. The van der Waals surface area contributed by atoms with E-state index in [4.69, 9.17) is 4.74 Å². The van der Waals surface area contributed by atoms with Gasteiger partial charge in [-0.3, -0.25) is 28.8 Å². The zero-order chi connectivity index (χ0) is 40.4. The number of ether oxygens (including phenoxy) is 1. The molecule has 3 N–H and O–H groups in total. The van der Waals surface area contributed by atoms with Crippen molar-refractivity contribution in [1.82, 2.24) is 20.9 Å². The molecule has 0 heterocycles. The lowest BCUT2D eigenvalue weighted by Crippen LogP contribution is -2.38. The first-order chi connectivity index (χ1) is 26.8. The second-order valence-electron chi connectivity index (χ2n) is 15.8. The van der Waals surface area contributed by atoms with Gasteiger partial charge in [-0.25, -0.2) is 0 Å². The van der Waals surface area contributed by atoms with Crippen molar-refractivity contribution in [2.45, 2.75) is 90.1 Å². The van der Waals surface area contributed by atoms with Crippen molar-refractivity contribution in [2.75, 3.05) is 34.3 Å². The summed E-state index contributed by atoms with van der Waals surface area (Å²) < 4.78 is 5.61. The molecule has 0 aliphatic heterocycles. The maximum atomic E-state index is 13.7. The fourth-order valence-electron chi connectivity index (χ4n) is 7.85. The van der Waals surface area contributed by atoms with Crippen LogP contribution in [0, 0.1) is 18.8 Å². The molecular formula is C45H56N4O7. The monoisotopic (exact) mass is 764 g/mol. The Morgan fingerprint density at radius 2 is 1.11 bits per heavy atom. The van der Waals surface area contributed by atoms with Gasteiger partial charge in [-0.05, 0) is 139 Å². The summed E-state index contributed by atoms with van der Waals surface area (Å²) in [5.41, 5.74) is 3.57. The van der Waals surface area contributed by atoms with E-state index in [-0.39, 0.29) is 59.0 Å². The third-order valence-electron chi connectivity index (χ3n) is 11.2. The third kappa shape index (κ3) is 11.4. The lowest BCUT2D eigenvalue weighted by Gasteiger charge is -2.29. The number of carbonyl (C=O) groups excluding carboxylic acids is 6. The van der Waals surface area contributed by atoms with Crippen LogP contribution in [0.4, 0.5) is 0 Å². The summed E-state index contributed by atoms with van der Waals surface area (Å²) in [6.45, 7) is 4.57. The zero-order valence-electron chi connectivity index (χ0n) is 33.4. The van der Waals surface area contributed by atoms with Gasteiger partial charge in [-0.1, -0.05) is 18.2 Å². The topological polar surface area (TPSA) is 151 Å². The van der Waals surface area contributed by atoms with Crippen LogP contribution in [0.3, 0.4) is 0 Å². The minimum atomic E-state index is -0.220. The van der Waals surface area contributed by atoms with E-state index in [1.54, 1.807) is 60.7 Å². The number of ketones is 3. The Labute approximate surface area is 330 Å². The van der Waals surface area contributed by atoms with Gasteiger partial charge in [0.25, 0.3) is 17.7 Å². The summed E-state index contributed by atoms with van der Waals surface area (Å²) in [6, 6.07) is 16.9. The van der Waals surface area contributed by atoms with Gasteiger partial charge in [0.1, 0.15) is 5.75 Å². The molecule has 2 saturated carbocycles. The molecule has 0 aromatic heterocycles. The summed E-state index contributed by atoms with van der Waals surface area (Å²) in [5, 5.41) is 9.09. The molecule has 0 unspecified atom stereocenters. The number of hydrogen-bond donors (Lipinski definition) is 3. The van der Waals surface area contributed by atoms with E-state index in [9.17, 15) is 28.8 Å². The number of carbonyl (C=O) groups is 6. The van der Waals surface area contributed by atoms with Crippen LogP contribution < -0.4 is 20.7 Å². The Morgan fingerprint density at radius 3 is 1.59 bits per heavy atom. The van der Waals surface area contributed by atoms with Gasteiger partial charge in [0.15, 0.2) is 17.3 Å². The first kappa shape index (κ1) is 42.0. The van der Waals surface area contributed by atoms with Crippen molar-refractivity contribution in [3.63, 3.8) is 0 Å². The van der Waals surface area contributed by atoms with Crippen molar-refractivity contribution < 1.29 is 33.5 Å². The van der Waals surface area contributed by atoms with Crippen LogP contribution in [-0.2, 0) is 0 Å². The van der Waals surface area contributed by atoms with Crippen LogP contribution in [-0.4, -0.2) is 86.3 Å². The van der Waals surface area contributed by atoms with Crippen LogP contribution in [0.25, 0.3) is 0 Å². The van der Waals surface area contributed by atoms with Gasteiger partial charge in [0.2, 0.25) is 0 Å². The van der Waals surface area contributed by atoms with E-state index in [2.05, 4.69) is 16.0 Å². The Bertz CT molecular complexity index is 1920. The molecule has 2 fully saturated rings. The number of nitrogens with one attached hydrogen (secondary N) is 3. The van der Waals surface area contributed by atoms with E-state index in [1.807, 2.05) is 25.9 Å². The molecule has 11 nitrogen and oxygen atoms in total. The van der Waals surface area contributed by atoms with Crippen LogP contribution >= 0.6 is 0 Å². The molecule has 0 bridgehead atoms. The second-order valence-corrected chi connectivity index (χ2v) is 15.8. The highest BCUT2D eigenvalue weighted by atomic mass is 16.5. The maximum Gasteiger partial charge on any atom is 0.251 e. The molecule has 2 aliphatic carbocycles. The first-order valence-corrected chi connectivity index (χ1v) is 19.8. The Hall–Kier alpha value is -5.16. The molecule has 56 heavy (non-hydrogen) atoms. The van der Waals surface area contributed by atoms with Gasteiger partial charge in [-0.2, -0.15) is 0 Å². The fraction of sp³-hybridized carbons (Fsp3) is 0.467. The average molecular weight is 765 g/mol. The predicted octanol–water partition coefficient (Wildman–Crippen LogP) is 6.62. The fourth-order valence-corrected chi connectivity index (χ4v) is 7.85. The molecule has 3 aromatic carbocycles. The smallest absolute Gasteiger partial charge is 0.251 e. The molecule has 0 atom stereocenters. The van der Waals surface area contributed by atoms with Crippen LogP contribution in [0.5, 0.6) is 5.75 Å². The van der Waals surface area contributed by atoms with Crippen molar-refractivity contribution in [1.29, 1.82) is 0 Å². The molecule has 5 rings (SSSR count). The number of benzene rings is 3. The number of hydrogen-bond acceptors (Lipinski definition) is 8. The number of Topliss-reactive ketones (excluding diaryl/α,β-unsaturated/α-hetero) is 3. The summed E-state index contributed by atoms with van der Waals surface area (Å²) in [5.74, 6) is -0.00598. The standard InChI is InChI=1S/C45H56N4O7/c1-28-22-42(56-5)39(27-38(28)40(51)23-30-12-16-36(17-13-30)47-44(54)34-10-6-8-32(25-34)29(2)50)41(52)24-31-14-18-37(19-15-31)48-45(55)35-11-7-9-33(26-35)43(53)46-20-21-49(3)4/h6-11,22,25-27,30-31,36-37H,12-21,23-24H2,1-5H3,(H,46,53)(H,47,54)(H,48,55). The van der Waals surface area contributed by atoms with E-state index in [0.29, 0.717) is 58.5 Å². The highest BCUT2D eigenvalue weighted by Gasteiger charge is 2.29. The number of rotatable bonds is 16. The highest BCUT2D eigenvalue weighted by molar-refractivity contribution is 6.04. The lowest BCUT2D eigenvalue weighted by molar-refractivity contribution is 0.0893. The van der Waals surface area contributed by atoms with Crippen molar-refractivity contribution in [2.24, 2.45) is 11.8 Å². The van der Waals surface area contributed by atoms with Crippen molar-refractivity contribution >= 4 is 35.1 Å². The zero-order valence-corrected chi connectivity index (χ0v) is 33.4. The molecule has 2 aliphatic rings. The summed E-state index contributed by atoms with van der Waals surface area (Å²) in [6.07, 6.45) is 6.85. The molecule has 11 heteroatoms. The minimum Gasteiger partial charge on any atom is -0.496 e. The summed E-state index contributed by atoms with van der Waals surface area (Å²) in [7, 11) is 5.41. The van der Waals surface area contributed by atoms with Crippen LogP contribution in [0.1, 0.15) is 139 Å². The predicted molar refractivity (Wildman–Crippen MR) is 216 cm³/mol. The number of aryl methyl sites for hydroxylation is 1. The van der Waals surface area contributed by atoms with Gasteiger partial charge in [0.05, 0.1) is 12.7 Å². The Kier molecular flexibility index (Phi) is 14.7. The molecular weight excluding hydrogens is 709 g/mol. The van der Waals surface area contributed by atoms with Crippen LogP contribution in [0.2, 0.25) is 0 Å². The second kappa shape index (κ2) is 19.6. The molecule has 0 radical (unpaired) electrons. The normalized spacial score (nSPS) is 19.5. The van der Waals surface area contributed by atoms with Gasteiger partial charge in [-0.15, -0.1) is 0 Å². The Balaban J connectivity index is 1.10. The van der Waals surface area contributed by atoms with Crippen molar-refractivity contribution in [3.8, 4) is 5.75 Å². The highest BCUT2D eigenvalue weighted by Crippen LogP contribution is 2.33. The maximum absolute atomic E-state index is 13.7. The SMILES string of the molecule is COc1cc(C)c(C(=O)CC2CCC(NC(=O)c3cccc(C(C)=O)c3)CC2)cc1C(=O)CC1CCC(NC(=O)c2cccc(C(=O)NCCN(C)C)c2)CC1. The van der Waals surface area contributed by atoms with Gasteiger partial charge in [0, 0.05) is 65.8 Å². The Morgan fingerprint density at radius 1 is 0.643 bits per heavy atom. The molecule has 298 valence electrons. The average Bonchev–Trinajstić information content (AvgIpc) is 3.19. The largest absolute Gasteiger partial charge is 0.496 e. The van der Waals surface area contributed by atoms with E-state index in [0.717, 1.165) is 63.5 Å². The van der Waals surface area contributed by atoms with Gasteiger partial charge >= 0.3 is 0 Å². The number of likely N-dealkylation sites (N-methyl/N-ethyl adjacent to an activating group) is 1. The van der Waals surface area contributed by atoms with Crippen molar-refractivity contribution in [3.05, 3.63) is 99.6 Å². The molecule has 0 saturated heterocycles. The summed E-state index contributed by atoms with van der Waals surface area (Å²) in [4.78, 5) is 79.7. The summed E-state index contributed by atoms with van der Waals surface area (Å²) >= 11 is 0. The van der Waals surface area contributed by atoms with Crippen LogP contribution in [0.15, 0.2) is 60.7 Å². The third-order valence-corrected chi connectivity index (χ3v) is 11.2. The van der Waals surface area contributed by atoms with E-state index < -0.39 is 0 Å². The number of methoxy groups -OCH3 is 1. The van der Waals surface area contributed by atoms with E-state index in [1.165, 1.54) is 14.0 Å². The number of amides is 3. The molecule has 3 aromatic rings. The molecule has 0 spiro atoms. The molecule has 3 amide bonds. The lowest BCUT2D eigenvalue weighted by atomic mass is 9.80.